The number of amides is 1. The molecule has 5 heteroatoms. The molecule has 0 bridgehead atoms. The van der Waals surface area contributed by atoms with E-state index in [0.29, 0.717) is 11.4 Å². The van der Waals surface area contributed by atoms with Gasteiger partial charge in [-0.05, 0) is 0 Å². The van der Waals surface area contributed by atoms with Crippen molar-refractivity contribution in [2.24, 2.45) is 0 Å². The van der Waals surface area contributed by atoms with Crippen LogP contribution in [-0.4, -0.2) is 37.2 Å². The van der Waals surface area contributed by atoms with Gasteiger partial charge in [-0.25, -0.2) is 0 Å². The molecule has 112 valence electrons. The average molecular weight is 386 g/mol. The number of carbonyl (C=O) groups is 1. The van der Waals surface area contributed by atoms with Gasteiger partial charge in [-0.1, -0.05) is 0 Å². The Balaban J connectivity index is 2.94. The van der Waals surface area contributed by atoms with E-state index < -0.39 is 30.1 Å². The maximum atomic E-state index is 11.8. The van der Waals surface area contributed by atoms with Crippen LogP contribution in [0, 0.1) is 0 Å². The second kappa shape index (κ2) is 6.24. The monoisotopic (exact) mass is 387 g/mol. The maximum absolute atomic E-state index is 11.8. The summed E-state index contributed by atoms with van der Waals surface area (Å²) < 4.78 is 12.0. The molecular formula is C15H25NO3Sn. The van der Waals surface area contributed by atoms with E-state index in [9.17, 15) is 4.79 Å². The third kappa shape index (κ3) is 5.23. The SMILES string of the molecule is COc1c[c]([Sn]([CH3])([CH3])[CH3])ccc1NC(=O)OC(C)(C)C. The summed E-state index contributed by atoms with van der Waals surface area (Å²) in [5.41, 5.74) is 0.125. The van der Waals surface area contributed by atoms with Gasteiger partial charge in [0.25, 0.3) is 0 Å². The number of ether oxygens (including phenoxy) is 2. The number of hydrogen-bond donors (Lipinski definition) is 1. The summed E-state index contributed by atoms with van der Waals surface area (Å²) >= 11 is -2.14. The molecule has 1 amide bonds. The molecule has 1 rings (SSSR count). The van der Waals surface area contributed by atoms with Crippen LogP contribution in [0.25, 0.3) is 0 Å². The summed E-state index contributed by atoms with van der Waals surface area (Å²) in [6.45, 7) is 5.50. The average Bonchev–Trinajstić information content (AvgIpc) is 2.25. The van der Waals surface area contributed by atoms with Crippen molar-refractivity contribution in [3.63, 3.8) is 0 Å². The Morgan fingerprint density at radius 1 is 1.20 bits per heavy atom. The first kappa shape index (κ1) is 17.1. The molecule has 0 atom stereocenters. The number of carbonyl (C=O) groups excluding carboxylic acids is 1. The Bertz CT molecular complexity index is 487. The van der Waals surface area contributed by atoms with Gasteiger partial charge in [0.05, 0.1) is 0 Å². The van der Waals surface area contributed by atoms with Gasteiger partial charge in [-0.2, -0.15) is 0 Å². The Labute approximate surface area is 125 Å². The van der Waals surface area contributed by atoms with Gasteiger partial charge in [0, 0.05) is 0 Å². The fraction of sp³-hybridized carbons (Fsp3) is 0.533. The van der Waals surface area contributed by atoms with Crippen molar-refractivity contribution in [3.05, 3.63) is 18.2 Å². The van der Waals surface area contributed by atoms with Gasteiger partial charge in [-0.3, -0.25) is 0 Å². The Morgan fingerprint density at radius 2 is 1.80 bits per heavy atom. The van der Waals surface area contributed by atoms with Gasteiger partial charge in [-0.15, -0.1) is 0 Å². The van der Waals surface area contributed by atoms with E-state index in [4.69, 9.17) is 9.47 Å². The number of hydrogen-bond acceptors (Lipinski definition) is 3. The molecule has 0 heterocycles. The van der Waals surface area contributed by atoms with Crippen molar-refractivity contribution in [1.29, 1.82) is 0 Å². The molecule has 0 aliphatic carbocycles. The van der Waals surface area contributed by atoms with E-state index in [0.717, 1.165) is 0 Å². The molecular weight excluding hydrogens is 361 g/mol. The third-order valence-electron chi connectivity index (χ3n) is 2.70. The van der Waals surface area contributed by atoms with E-state index in [2.05, 4.69) is 26.2 Å². The van der Waals surface area contributed by atoms with Crippen molar-refractivity contribution < 1.29 is 14.3 Å². The second-order valence-corrected chi connectivity index (χ2v) is 21.3. The van der Waals surface area contributed by atoms with Crippen molar-refractivity contribution >= 4 is 33.7 Å². The van der Waals surface area contributed by atoms with Crippen molar-refractivity contribution in [2.75, 3.05) is 12.4 Å². The zero-order valence-electron chi connectivity index (χ0n) is 13.5. The standard InChI is InChI=1S/C12H16NO3.3CH3.Sn/c1-12(2,3)16-11(14)13-9-7-5-6-8-10(9)15-4;;;;/h5,7-8H,1-4H3,(H,13,14);3*1H3;. The topological polar surface area (TPSA) is 47.6 Å². The van der Waals surface area contributed by atoms with Gasteiger partial charge in [0.2, 0.25) is 0 Å². The molecule has 1 aromatic carbocycles. The molecule has 0 aliphatic rings. The normalized spacial score (nSPS) is 11.9. The van der Waals surface area contributed by atoms with Gasteiger partial charge < -0.3 is 0 Å². The van der Waals surface area contributed by atoms with E-state index in [1.54, 1.807) is 7.11 Å². The predicted octanol–water partition coefficient (Wildman–Crippen LogP) is 3.59. The summed E-state index contributed by atoms with van der Waals surface area (Å²) in [6, 6.07) is 5.99. The van der Waals surface area contributed by atoms with Gasteiger partial charge in [0.15, 0.2) is 0 Å². The molecule has 0 spiro atoms. The van der Waals surface area contributed by atoms with Crippen molar-refractivity contribution in [2.45, 2.75) is 41.2 Å². The first-order valence-electron chi connectivity index (χ1n) is 6.71. The minimum atomic E-state index is -2.14. The summed E-state index contributed by atoms with van der Waals surface area (Å²) in [4.78, 5) is 18.8. The van der Waals surface area contributed by atoms with Crippen LogP contribution in [-0.2, 0) is 4.74 Å². The first-order valence-corrected chi connectivity index (χ1v) is 16.7. The van der Waals surface area contributed by atoms with Gasteiger partial charge >= 0.3 is 126 Å². The van der Waals surface area contributed by atoms with E-state index in [1.807, 2.05) is 32.9 Å². The molecule has 0 saturated heterocycles. The molecule has 0 unspecified atom stereocenters. The molecule has 20 heavy (non-hydrogen) atoms. The molecule has 0 aromatic heterocycles. The Morgan fingerprint density at radius 3 is 2.25 bits per heavy atom. The van der Waals surface area contributed by atoms with Crippen LogP contribution >= 0.6 is 0 Å². The van der Waals surface area contributed by atoms with E-state index >= 15 is 0 Å². The molecule has 4 nitrogen and oxygen atoms in total. The van der Waals surface area contributed by atoms with Gasteiger partial charge in [0.1, 0.15) is 0 Å². The number of anilines is 1. The summed E-state index contributed by atoms with van der Waals surface area (Å²) in [5, 5.41) is 2.73. The first-order chi connectivity index (χ1) is 9.03. The van der Waals surface area contributed by atoms with Crippen molar-refractivity contribution in [3.8, 4) is 5.75 Å². The fourth-order valence-electron chi connectivity index (χ4n) is 1.67. The number of benzene rings is 1. The number of nitrogens with one attached hydrogen (secondary N) is 1. The van der Waals surface area contributed by atoms with Crippen LogP contribution < -0.4 is 13.6 Å². The van der Waals surface area contributed by atoms with Crippen LogP contribution in [0.1, 0.15) is 20.8 Å². The molecule has 0 saturated carbocycles. The molecule has 0 radical (unpaired) electrons. The molecule has 1 aromatic rings. The summed E-state index contributed by atoms with van der Waals surface area (Å²) in [7, 11) is 1.61. The fourth-order valence-corrected chi connectivity index (χ4v) is 4.95. The molecule has 0 aliphatic heterocycles. The number of rotatable bonds is 3. The summed E-state index contributed by atoms with van der Waals surface area (Å²) in [6.07, 6.45) is -0.470. The zero-order valence-corrected chi connectivity index (χ0v) is 16.3. The van der Waals surface area contributed by atoms with E-state index in [-0.39, 0.29) is 0 Å². The van der Waals surface area contributed by atoms with Crippen LogP contribution in [0.2, 0.25) is 14.8 Å². The van der Waals surface area contributed by atoms with Crippen LogP contribution in [0.4, 0.5) is 10.5 Å². The minimum absolute atomic E-state index is 0.470. The summed E-state index contributed by atoms with van der Waals surface area (Å²) in [5.74, 6) is 0.681. The zero-order chi connectivity index (χ0) is 15.6. The predicted molar refractivity (Wildman–Crippen MR) is 85.8 cm³/mol. The Hall–Kier alpha value is -0.911. The van der Waals surface area contributed by atoms with Crippen LogP contribution in [0.3, 0.4) is 0 Å². The Kier molecular flexibility index (Phi) is 5.35. The number of methoxy groups -OCH3 is 1. The van der Waals surface area contributed by atoms with Crippen LogP contribution in [0.15, 0.2) is 18.2 Å². The molecule has 1 N–H and O–H groups in total. The molecule has 0 fully saturated rings. The van der Waals surface area contributed by atoms with Crippen molar-refractivity contribution in [1.82, 2.24) is 0 Å². The van der Waals surface area contributed by atoms with Crippen LogP contribution in [0.5, 0.6) is 5.75 Å². The van der Waals surface area contributed by atoms with E-state index in [1.165, 1.54) is 3.58 Å². The third-order valence-corrected chi connectivity index (χ3v) is 8.53. The quantitative estimate of drug-likeness (QED) is 0.808. The second-order valence-electron chi connectivity index (χ2n) is 6.79.